The van der Waals surface area contributed by atoms with Gasteiger partial charge >= 0.3 is 0 Å². The number of rotatable bonds is 2. The maximum Gasteiger partial charge on any atom is 0.125 e. The summed E-state index contributed by atoms with van der Waals surface area (Å²) in [5, 5.41) is 0. The first-order chi connectivity index (χ1) is 6.74. The Labute approximate surface area is 84.9 Å². The second-order valence-electron chi connectivity index (χ2n) is 4.02. The third-order valence-corrected chi connectivity index (χ3v) is 2.99. The van der Waals surface area contributed by atoms with E-state index in [1.165, 1.54) is 12.0 Å². The highest BCUT2D eigenvalue weighted by molar-refractivity contribution is 5.99. The maximum absolute atomic E-state index is 5.86. The van der Waals surface area contributed by atoms with Gasteiger partial charge in [0.25, 0.3) is 0 Å². The number of nitrogens with zero attached hydrogens (tertiary/aromatic N) is 1. The number of hydrogen-bond donors (Lipinski definition) is 1. The van der Waals surface area contributed by atoms with Crippen LogP contribution in [0.3, 0.4) is 0 Å². The van der Waals surface area contributed by atoms with Gasteiger partial charge in [0.2, 0.25) is 0 Å². The summed E-state index contributed by atoms with van der Waals surface area (Å²) in [4.78, 5) is 4.05. The van der Waals surface area contributed by atoms with Crippen LogP contribution in [0.4, 0.5) is 0 Å². The molecule has 1 aliphatic carbocycles. The van der Waals surface area contributed by atoms with E-state index in [1.807, 2.05) is 6.07 Å². The van der Waals surface area contributed by atoms with E-state index in [4.69, 9.17) is 5.73 Å². The predicted octanol–water partition coefficient (Wildman–Crippen LogP) is 2.15. The Bertz CT molecular complexity index is 368. The second kappa shape index (κ2) is 3.45. The van der Waals surface area contributed by atoms with Crippen molar-refractivity contribution in [3.05, 3.63) is 35.4 Å². The summed E-state index contributed by atoms with van der Waals surface area (Å²) in [6.45, 7) is 2.28. The molecule has 74 valence electrons. The van der Waals surface area contributed by atoms with E-state index >= 15 is 0 Å². The number of aliphatic imine (C=N–C) groups is 1. The van der Waals surface area contributed by atoms with Crippen LogP contribution in [-0.4, -0.2) is 12.9 Å². The molecule has 0 saturated heterocycles. The molecule has 0 aliphatic heterocycles. The van der Waals surface area contributed by atoms with Crippen molar-refractivity contribution < 1.29 is 0 Å². The summed E-state index contributed by atoms with van der Waals surface area (Å²) in [5.41, 5.74) is 8.34. The fourth-order valence-corrected chi connectivity index (χ4v) is 1.93. The minimum Gasteiger partial charge on any atom is -0.384 e. The molecule has 0 spiro atoms. The fourth-order valence-electron chi connectivity index (χ4n) is 1.93. The van der Waals surface area contributed by atoms with Gasteiger partial charge in [-0.2, -0.15) is 0 Å². The molecule has 1 aliphatic rings. The van der Waals surface area contributed by atoms with Crippen LogP contribution in [0.1, 0.15) is 30.4 Å². The summed E-state index contributed by atoms with van der Waals surface area (Å²) in [6, 6.07) is 8.32. The van der Waals surface area contributed by atoms with Gasteiger partial charge in [-0.1, -0.05) is 31.2 Å². The lowest BCUT2D eigenvalue weighted by atomic mass is 10.0. The van der Waals surface area contributed by atoms with Crippen molar-refractivity contribution in [2.75, 3.05) is 7.05 Å². The van der Waals surface area contributed by atoms with Crippen LogP contribution in [0.5, 0.6) is 0 Å². The molecule has 0 bridgehead atoms. The molecular weight excluding hydrogens is 172 g/mol. The van der Waals surface area contributed by atoms with Crippen LogP contribution < -0.4 is 5.73 Å². The van der Waals surface area contributed by atoms with E-state index in [0.717, 1.165) is 11.5 Å². The summed E-state index contributed by atoms with van der Waals surface area (Å²) in [6.07, 6.45) is 1.29. The molecule has 0 heterocycles. The first-order valence-corrected chi connectivity index (χ1v) is 5.05. The molecule has 2 nitrogen and oxygen atoms in total. The normalized spacial score (nSPS) is 26.3. The molecule has 14 heavy (non-hydrogen) atoms. The zero-order valence-corrected chi connectivity index (χ0v) is 8.70. The quantitative estimate of drug-likeness (QED) is 0.560. The molecule has 0 radical (unpaired) electrons. The highest BCUT2D eigenvalue weighted by Crippen LogP contribution is 2.47. The van der Waals surface area contributed by atoms with Crippen molar-refractivity contribution in [1.29, 1.82) is 0 Å². The van der Waals surface area contributed by atoms with E-state index < -0.39 is 0 Å². The lowest BCUT2D eigenvalue weighted by molar-refractivity contribution is 0.913. The average molecular weight is 188 g/mol. The summed E-state index contributed by atoms with van der Waals surface area (Å²) < 4.78 is 0. The fraction of sp³-hybridized carbons (Fsp3) is 0.417. The van der Waals surface area contributed by atoms with Gasteiger partial charge < -0.3 is 5.73 Å². The highest BCUT2D eigenvalue weighted by Gasteiger charge is 2.35. The number of hydrogen-bond acceptors (Lipinski definition) is 1. The van der Waals surface area contributed by atoms with Gasteiger partial charge in [0, 0.05) is 12.6 Å². The Kier molecular flexibility index (Phi) is 2.28. The smallest absolute Gasteiger partial charge is 0.125 e. The molecule has 2 N–H and O–H groups in total. The maximum atomic E-state index is 5.86. The van der Waals surface area contributed by atoms with Crippen molar-refractivity contribution in [2.45, 2.75) is 19.3 Å². The Morgan fingerprint density at radius 2 is 2.07 bits per heavy atom. The molecule has 1 aromatic rings. The topological polar surface area (TPSA) is 38.4 Å². The summed E-state index contributed by atoms with van der Waals surface area (Å²) in [5.74, 6) is 2.16. The molecule has 0 aromatic heterocycles. The van der Waals surface area contributed by atoms with Gasteiger partial charge in [0.15, 0.2) is 0 Å². The van der Waals surface area contributed by atoms with E-state index in [0.29, 0.717) is 11.8 Å². The van der Waals surface area contributed by atoms with E-state index in [2.05, 4.69) is 30.1 Å². The minimum absolute atomic E-state index is 0.653. The van der Waals surface area contributed by atoms with Crippen LogP contribution in [-0.2, 0) is 0 Å². The third kappa shape index (κ3) is 1.52. The van der Waals surface area contributed by atoms with E-state index in [9.17, 15) is 0 Å². The van der Waals surface area contributed by atoms with Crippen LogP contribution in [0.25, 0.3) is 0 Å². The van der Waals surface area contributed by atoms with E-state index in [1.54, 1.807) is 7.05 Å². The third-order valence-electron chi connectivity index (χ3n) is 2.99. The van der Waals surface area contributed by atoms with E-state index in [-0.39, 0.29) is 0 Å². The van der Waals surface area contributed by atoms with Crippen LogP contribution in [0, 0.1) is 5.92 Å². The first kappa shape index (κ1) is 9.25. The molecule has 2 atom stereocenters. The second-order valence-corrected chi connectivity index (χ2v) is 4.02. The molecule has 2 rings (SSSR count). The van der Waals surface area contributed by atoms with Crippen molar-refractivity contribution >= 4 is 5.84 Å². The molecule has 1 saturated carbocycles. The lowest BCUT2D eigenvalue weighted by Crippen LogP contribution is -2.15. The predicted molar refractivity (Wildman–Crippen MR) is 59.6 cm³/mol. The molecule has 1 aromatic carbocycles. The lowest BCUT2D eigenvalue weighted by Gasteiger charge is -2.07. The SMILES string of the molecule is CN=C(N)c1ccccc1C1CC1C. The van der Waals surface area contributed by atoms with Crippen LogP contribution >= 0.6 is 0 Å². The van der Waals surface area contributed by atoms with Gasteiger partial charge in [-0.3, -0.25) is 4.99 Å². The number of amidine groups is 1. The standard InChI is InChI=1S/C12H16N2/c1-8-7-11(8)9-5-3-4-6-10(9)12(13)14-2/h3-6,8,11H,7H2,1-2H3,(H2,13,14). The Morgan fingerprint density at radius 3 is 2.64 bits per heavy atom. The number of nitrogens with two attached hydrogens (primary N) is 1. The Morgan fingerprint density at radius 1 is 1.43 bits per heavy atom. The zero-order valence-electron chi connectivity index (χ0n) is 8.70. The largest absolute Gasteiger partial charge is 0.384 e. The van der Waals surface area contributed by atoms with Gasteiger partial charge in [0.05, 0.1) is 0 Å². The van der Waals surface area contributed by atoms with Gasteiger partial charge in [-0.25, -0.2) is 0 Å². The molecule has 1 fully saturated rings. The van der Waals surface area contributed by atoms with Gasteiger partial charge in [-0.05, 0) is 23.8 Å². The minimum atomic E-state index is 0.653. The molecular formula is C12H16N2. The van der Waals surface area contributed by atoms with Crippen molar-refractivity contribution in [1.82, 2.24) is 0 Å². The Balaban J connectivity index is 2.39. The molecule has 2 heteroatoms. The van der Waals surface area contributed by atoms with Gasteiger partial charge in [-0.15, -0.1) is 0 Å². The van der Waals surface area contributed by atoms with Crippen LogP contribution in [0.2, 0.25) is 0 Å². The van der Waals surface area contributed by atoms with Gasteiger partial charge in [0.1, 0.15) is 5.84 Å². The monoisotopic (exact) mass is 188 g/mol. The average Bonchev–Trinajstić information content (AvgIpc) is 2.94. The summed E-state index contributed by atoms with van der Waals surface area (Å²) in [7, 11) is 1.74. The van der Waals surface area contributed by atoms with Crippen molar-refractivity contribution in [3.8, 4) is 0 Å². The molecule has 2 unspecified atom stereocenters. The molecule has 0 amide bonds. The van der Waals surface area contributed by atoms with Crippen LogP contribution in [0.15, 0.2) is 29.3 Å². The number of benzene rings is 1. The summed E-state index contributed by atoms with van der Waals surface area (Å²) >= 11 is 0. The van der Waals surface area contributed by atoms with Crippen molar-refractivity contribution in [2.24, 2.45) is 16.6 Å². The first-order valence-electron chi connectivity index (χ1n) is 5.05. The highest BCUT2D eigenvalue weighted by atomic mass is 14.8. The zero-order chi connectivity index (χ0) is 10.1. The Hall–Kier alpha value is -1.31. The van der Waals surface area contributed by atoms with Crippen molar-refractivity contribution in [3.63, 3.8) is 0 Å².